The lowest BCUT2D eigenvalue weighted by molar-refractivity contribution is 0.0532. The minimum Gasteiger partial charge on any atom is -0.371 e. The number of rotatable bonds is 4. The molecule has 1 aliphatic carbocycles. The molecule has 0 bridgehead atoms. The molecule has 0 saturated heterocycles. The van der Waals surface area contributed by atoms with Crippen molar-refractivity contribution in [1.82, 2.24) is 9.97 Å². The van der Waals surface area contributed by atoms with Crippen LogP contribution in [0.3, 0.4) is 0 Å². The zero-order valence-electron chi connectivity index (χ0n) is 9.88. The molecule has 1 unspecified atom stereocenters. The molecular formula is C12H18N2OS. The van der Waals surface area contributed by atoms with Crippen molar-refractivity contribution in [2.24, 2.45) is 0 Å². The van der Waals surface area contributed by atoms with Gasteiger partial charge in [-0.1, -0.05) is 19.1 Å². The molecule has 1 heterocycles. The Morgan fingerprint density at radius 3 is 2.94 bits per heavy atom. The zero-order chi connectivity index (χ0) is 11.5. The molecule has 0 spiro atoms. The number of nitrogens with zero attached hydrogens (tertiary/aromatic N) is 1. The standard InChI is InChI=1S/C12H18N2OS/c1-3-10(15-4-2)11-13-9-7-5-6-8(9)12(16)14-11/h10H,3-7H2,1-2H3,(H,13,14,16). The van der Waals surface area contributed by atoms with E-state index in [0.717, 1.165) is 29.7 Å². The van der Waals surface area contributed by atoms with Gasteiger partial charge in [-0.15, -0.1) is 0 Å². The first kappa shape index (κ1) is 11.7. The van der Waals surface area contributed by atoms with E-state index in [1.165, 1.54) is 17.7 Å². The minimum absolute atomic E-state index is 0.0533. The van der Waals surface area contributed by atoms with E-state index in [1.807, 2.05) is 6.92 Å². The number of hydrogen-bond donors (Lipinski definition) is 1. The molecule has 16 heavy (non-hydrogen) atoms. The van der Waals surface area contributed by atoms with Gasteiger partial charge in [-0.2, -0.15) is 0 Å². The lowest BCUT2D eigenvalue weighted by Gasteiger charge is -2.15. The summed E-state index contributed by atoms with van der Waals surface area (Å²) >= 11 is 5.33. The minimum atomic E-state index is 0.0533. The quantitative estimate of drug-likeness (QED) is 0.819. The van der Waals surface area contributed by atoms with Gasteiger partial charge in [0.25, 0.3) is 0 Å². The molecule has 1 aromatic rings. The second kappa shape index (κ2) is 5.06. The van der Waals surface area contributed by atoms with Gasteiger partial charge < -0.3 is 9.72 Å². The van der Waals surface area contributed by atoms with Gasteiger partial charge in [0.2, 0.25) is 0 Å². The van der Waals surface area contributed by atoms with Crippen LogP contribution in [0.1, 0.15) is 49.9 Å². The number of fused-ring (bicyclic) bond motifs is 1. The molecule has 2 rings (SSSR count). The number of aromatic amines is 1. The summed E-state index contributed by atoms with van der Waals surface area (Å²) in [5, 5.41) is 0. The number of aryl methyl sites for hydroxylation is 1. The average Bonchev–Trinajstić information content (AvgIpc) is 2.74. The third-order valence-electron chi connectivity index (χ3n) is 3.02. The van der Waals surface area contributed by atoms with Gasteiger partial charge in [0.15, 0.2) is 0 Å². The highest BCUT2D eigenvalue weighted by Gasteiger charge is 2.18. The van der Waals surface area contributed by atoms with E-state index in [1.54, 1.807) is 0 Å². The van der Waals surface area contributed by atoms with Gasteiger partial charge in [-0.25, -0.2) is 4.98 Å². The Kier molecular flexibility index (Phi) is 3.71. The summed E-state index contributed by atoms with van der Waals surface area (Å²) in [5.74, 6) is 0.898. The normalized spacial score (nSPS) is 16.1. The molecule has 4 heteroatoms. The summed E-state index contributed by atoms with van der Waals surface area (Å²) in [6, 6.07) is 0. The summed E-state index contributed by atoms with van der Waals surface area (Å²) in [4.78, 5) is 7.87. The molecule has 0 amide bonds. The Hall–Kier alpha value is -0.740. The number of ether oxygens (including phenoxy) is 1. The Labute approximate surface area is 101 Å². The second-order valence-electron chi connectivity index (χ2n) is 4.09. The molecular weight excluding hydrogens is 220 g/mol. The topological polar surface area (TPSA) is 37.9 Å². The van der Waals surface area contributed by atoms with E-state index in [-0.39, 0.29) is 6.10 Å². The van der Waals surface area contributed by atoms with Crippen molar-refractivity contribution >= 4 is 12.2 Å². The monoisotopic (exact) mass is 238 g/mol. The maximum absolute atomic E-state index is 5.65. The van der Waals surface area contributed by atoms with Crippen LogP contribution < -0.4 is 0 Å². The number of H-pyrrole nitrogens is 1. The van der Waals surface area contributed by atoms with Crippen LogP contribution in [0.2, 0.25) is 0 Å². The first-order valence-electron chi connectivity index (χ1n) is 5.99. The largest absolute Gasteiger partial charge is 0.371 e. The molecule has 1 aliphatic rings. The zero-order valence-corrected chi connectivity index (χ0v) is 10.7. The third kappa shape index (κ3) is 2.18. The predicted molar refractivity (Wildman–Crippen MR) is 66.1 cm³/mol. The lowest BCUT2D eigenvalue weighted by Crippen LogP contribution is -2.10. The van der Waals surface area contributed by atoms with Crippen molar-refractivity contribution in [3.05, 3.63) is 21.7 Å². The van der Waals surface area contributed by atoms with E-state index in [4.69, 9.17) is 17.0 Å². The summed E-state index contributed by atoms with van der Waals surface area (Å²) in [6.07, 6.45) is 4.33. The fourth-order valence-corrected chi connectivity index (χ4v) is 2.54. The van der Waals surface area contributed by atoms with Crippen LogP contribution in [0.4, 0.5) is 0 Å². The Morgan fingerprint density at radius 1 is 1.44 bits per heavy atom. The molecule has 1 N–H and O–H groups in total. The van der Waals surface area contributed by atoms with Crippen LogP contribution in [0, 0.1) is 4.64 Å². The van der Waals surface area contributed by atoms with Crippen molar-refractivity contribution in [2.45, 2.75) is 45.6 Å². The van der Waals surface area contributed by atoms with Gasteiger partial charge in [-0.05, 0) is 32.6 Å². The fraction of sp³-hybridized carbons (Fsp3) is 0.667. The maximum Gasteiger partial charge on any atom is 0.137 e. The van der Waals surface area contributed by atoms with E-state index in [2.05, 4.69) is 16.9 Å². The Balaban J connectivity index is 2.35. The first-order chi connectivity index (χ1) is 7.76. The molecule has 1 aromatic heterocycles. The molecule has 3 nitrogen and oxygen atoms in total. The van der Waals surface area contributed by atoms with Crippen molar-refractivity contribution in [3.63, 3.8) is 0 Å². The Bertz CT molecular complexity index is 428. The number of hydrogen-bond acceptors (Lipinski definition) is 3. The fourth-order valence-electron chi connectivity index (χ4n) is 2.22. The highest BCUT2D eigenvalue weighted by molar-refractivity contribution is 7.71. The van der Waals surface area contributed by atoms with Crippen LogP contribution in [0.25, 0.3) is 0 Å². The second-order valence-corrected chi connectivity index (χ2v) is 4.48. The molecule has 0 fully saturated rings. The SMILES string of the molecule is CCOC(CC)c1nc(=S)c2c([nH]1)CCC2. The van der Waals surface area contributed by atoms with Crippen LogP contribution in [-0.2, 0) is 17.6 Å². The number of nitrogens with one attached hydrogen (secondary N) is 1. The molecule has 0 radical (unpaired) electrons. The highest BCUT2D eigenvalue weighted by atomic mass is 32.1. The van der Waals surface area contributed by atoms with E-state index >= 15 is 0 Å². The van der Waals surface area contributed by atoms with Gasteiger partial charge in [0.1, 0.15) is 16.6 Å². The van der Waals surface area contributed by atoms with Gasteiger partial charge in [0.05, 0.1) is 0 Å². The molecule has 88 valence electrons. The van der Waals surface area contributed by atoms with Crippen LogP contribution >= 0.6 is 12.2 Å². The van der Waals surface area contributed by atoms with Crippen LogP contribution in [0.5, 0.6) is 0 Å². The summed E-state index contributed by atoms with van der Waals surface area (Å²) < 4.78 is 6.42. The summed E-state index contributed by atoms with van der Waals surface area (Å²) in [5.41, 5.74) is 2.51. The van der Waals surface area contributed by atoms with Crippen molar-refractivity contribution < 1.29 is 4.74 Å². The van der Waals surface area contributed by atoms with Crippen molar-refractivity contribution in [2.75, 3.05) is 6.61 Å². The third-order valence-corrected chi connectivity index (χ3v) is 3.36. The highest BCUT2D eigenvalue weighted by Crippen LogP contribution is 2.24. The molecule has 1 atom stereocenters. The first-order valence-corrected chi connectivity index (χ1v) is 6.40. The van der Waals surface area contributed by atoms with Gasteiger partial charge in [-0.3, -0.25) is 0 Å². The molecule has 0 saturated carbocycles. The van der Waals surface area contributed by atoms with Crippen molar-refractivity contribution in [3.8, 4) is 0 Å². The lowest BCUT2D eigenvalue weighted by atomic mass is 10.2. The van der Waals surface area contributed by atoms with E-state index in [0.29, 0.717) is 6.61 Å². The van der Waals surface area contributed by atoms with Gasteiger partial charge in [0, 0.05) is 17.9 Å². The molecule has 0 aliphatic heterocycles. The maximum atomic E-state index is 5.65. The Morgan fingerprint density at radius 2 is 2.25 bits per heavy atom. The van der Waals surface area contributed by atoms with E-state index < -0.39 is 0 Å². The van der Waals surface area contributed by atoms with E-state index in [9.17, 15) is 0 Å². The summed E-state index contributed by atoms with van der Waals surface area (Å²) in [6.45, 7) is 4.81. The van der Waals surface area contributed by atoms with Crippen LogP contribution in [-0.4, -0.2) is 16.6 Å². The average molecular weight is 238 g/mol. The summed E-state index contributed by atoms with van der Waals surface area (Å²) in [7, 11) is 0. The molecule has 0 aromatic carbocycles. The smallest absolute Gasteiger partial charge is 0.137 e. The van der Waals surface area contributed by atoms with Crippen molar-refractivity contribution in [1.29, 1.82) is 0 Å². The number of aromatic nitrogens is 2. The van der Waals surface area contributed by atoms with Crippen LogP contribution in [0.15, 0.2) is 0 Å². The predicted octanol–water partition coefficient (Wildman–Crippen LogP) is 3.12. The van der Waals surface area contributed by atoms with Gasteiger partial charge >= 0.3 is 0 Å².